The van der Waals surface area contributed by atoms with Crippen molar-refractivity contribution in [3.8, 4) is 11.1 Å². The molecule has 10 heteroatoms. The van der Waals surface area contributed by atoms with Gasteiger partial charge in [-0.2, -0.15) is 0 Å². The molecule has 182 valence electrons. The van der Waals surface area contributed by atoms with Gasteiger partial charge in [0.1, 0.15) is 23.6 Å². The summed E-state index contributed by atoms with van der Waals surface area (Å²) < 4.78 is 76.3. The molecule has 1 amide bonds. The van der Waals surface area contributed by atoms with E-state index in [4.69, 9.17) is 4.74 Å². The van der Waals surface area contributed by atoms with E-state index in [2.05, 4.69) is 4.72 Å². The molecule has 3 fully saturated rings. The minimum absolute atomic E-state index is 0.00501. The molecule has 2 heterocycles. The van der Waals surface area contributed by atoms with E-state index in [0.29, 0.717) is 19.6 Å². The number of amides is 1. The average Bonchev–Trinajstić information content (AvgIpc) is 3.43. The monoisotopic (exact) mass is 494 g/mol. The van der Waals surface area contributed by atoms with Crippen molar-refractivity contribution in [3.05, 3.63) is 59.4 Å². The van der Waals surface area contributed by atoms with Crippen LogP contribution in [0.4, 0.5) is 13.2 Å². The highest BCUT2D eigenvalue weighted by atomic mass is 32.2. The van der Waals surface area contributed by atoms with Crippen LogP contribution in [0.2, 0.25) is 0 Å². The predicted octanol–water partition coefficient (Wildman–Crippen LogP) is 3.01. The SMILES string of the molecule is CS(=O)(=O)N[C@@H]1[C@H](Cc2cc(F)cc(-c3cccc(F)c3)c2F)N(C(=O)[C@H]2CCO2)CC12CC2. The zero-order chi connectivity index (χ0) is 24.3. The topological polar surface area (TPSA) is 75.7 Å². The highest BCUT2D eigenvalue weighted by Gasteiger charge is 2.61. The lowest BCUT2D eigenvalue weighted by Gasteiger charge is -2.34. The number of nitrogens with zero attached hydrogens (tertiary/aromatic N) is 1. The summed E-state index contributed by atoms with van der Waals surface area (Å²) in [6, 6.07) is 5.93. The van der Waals surface area contributed by atoms with Crippen molar-refractivity contribution in [2.24, 2.45) is 5.41 Å². The first-order chi connectivity index (χ1) is 16.1. The second-order valence-electron chi connectivity index (χ2n) is 9.55. The van der Waals surface area contributed by atoms with Gasteiger partial charge in [0, 0.05) is 30.0 Å². The smallest absolute Gasteiger partial charge is 0.252 e. The number of hydrogen-bond donors (Lipinski definition) is 1. The van der Waals surface area contributed by atoms with E-state index < -0.39 is 51.1 Å². The quantitative estimate of drug-likeness (QED) is 0.670. The first-order valence-corrected chi connectivity index (χ1v) is 13.1. The Morgan fingerprint density at radius 1 is 1.18 bits per heavy atom. The molecule has 34 heavy (non-hydrogen) atoms. The molecule has 0 radical (unpaired) electrons. The Balaban J connectivity index is 1.54. The number of rotatable bonds is 6. The molecule has 1 aliphatic carbocycles. The summed E-state index contributed by atoms with van der Waals surface area (Å²) in [5.74, 6) is -2.27. The number of carbonyl (C=O) groups is 1. The summed E-state index contributed by atoms with van der Waals surface area (Å²) in [5.41, 5.74) is -0.344. The van der Waals surface area contributed by atoms with Crippen molar-refractivity contribution in [3.63, 3.8) is 0 Å². The molecule has 0 bridgehead atoms. The third-order valence-electron chi connectivity index (χ3n) is 7.10. The standard InChI is InChI=1S/C24H25F3N2O4S/c1-34(31,32)28-22-19(29(13-24(22)6-7-24)23(30)20-5-8-33-20)11-15-10-17(26)12-18(21(15)27)14-3-2-4-16(25)9-14/h2-4,9-10,12,19-20,22,28H,5-8,11,13H2,1H3/t19-,20+,22+/m0/s1. The van der Waals surface area contributed by atoms with E-state index in [1.54, 1.807) is 4.90 Å². The van der Waals surface area contributed by atoms with Gasteiger partial charge in [-0.3, -0.25) is 4.79 Å². The Hall–Kier alpha value is -2.43. The van der Waals surface area contributed by atoms with Crippen LogP contribution in [-0.4, -0.2) is 56.8 Å². The Bertz CT molecular complexity index is 1240. The first-order valence-electron chi connectivity index (χ1n) is 11.2. The van der Waals surface area contributed by atoms with Gasteiger partial charge in [-0.1, -0.05) is 12.1 Å². The van der Waals surface area contributed by atoms with Crippen LogP contribution in [0.25, 0.3) is 11.1 Å². The molecule has 3 aliphatic rings. The number of sulfonamides is 1. The van der Waals surface area contributed by atoms with Crippen molar-refractivity contribution in [1.82, 2.24) is 9.62 Å². The molecule has 1 N–H and O–H groups in total. The van der Waals surface area contributed by atoms with Crippen molar-refractivity contribution < 1.29 is 31.1 Å². The number of nitrogens with one attached hydrogen (secondary N) is 1. The molecule has 2 aromatic carbocycles. The van der Waals surface area contributed by atoms with Crippen LogP contribution >= 0.6 is 0 Å². The summed E-state index contributed by atoms with van der Waals surface area (Å²) in [5, 5.41) is 0. The maximum atomic E-state index is 15.6. The molecule has 5 rings (SSSR count). The third-order valence-corrected chi connectivity index (χ3v) is 7.78. The van der Waals surface area contributed by atoms with Gasteiger partial charge in [0.15, 0.2) is 0 Å². The molecule has 1 saturated carbocycles. The average molecular weight is 495 g/mol. The number of likely N-dealkylation sites (tertiary alicyclic amines) is 1. The van der Waals surface area contributed by atoms with Gasteiger partial charge in [0.25, 0.3) is 5.91 Å². The van der Waals surface area contributed by atoms with Gasteiger partial charge in [-0.25, -0.2) is 26.3 Å². The van der Waals surface area contributed by atoms with Crippen molar-refractivity contribution in [1.29, 1.82) is 0 Å². The van der Waals surface area contributed by atoms with Crippen LogP contribution in [0.3, 0.4) is 0 Å². The van der Waals surface area contributed by atoms with E-state index in [1.165, 1.54) is 18.2 Å². The number of halogens is 3. The maximum Gasteiger partial charge on any atom is 0.252 e. The number of carbonyl (C=O) groups excluding carboxylic acids is 1. The van der Waals surface area contributed by atoms with Crippen LogP contribution in [-0.2, 0) is 26.0 Å². The summed E-state index contributed by atoms with van der Waals surface area (Å²) in [6.07, 6.45) is 2.37. The minimum atomic E-state index is -3.63. The van der Waals surface area contributed by atoms with E-state index in [-0.39, 0.29) is 29.0 Å². The zero-order valence-electron chi connectivity index (χ0n) is 18.6. The van der Waals surface area contributed by atoms with E-state index in [0.717, 1.165) is 37.3 Å². The lowest BCUT2D eigenvalue weighted by Crippen LogP contribution is -2.53. The second-order valence-corrected chi connectivity index (χ2v) is 11.3. The van der Waals surface area contributed by atoms with E-state index in [1.807, 2.05) is 0 Å². The molecule has 2 saturated heterocycles. The first kappa shape index (κ1) is 23.3. The Kier molecular flexibility index (Phi) is 5.73. The molecular weight excluding hydrogens is 469 g/mol. The van der Waals surface area contributed by atoms with Crippen LogP contribution in [0.5, 0.6) is 0 Å². The fraction of sp³-hybridized carbons (Fsp3) is 0.458. The van der Waals surface area contributed by atoms with Crippen LogP contribution in [0.1, 0.15) is 24.8 Å². The summed E-state index contributed by atoms with van der Waals surface area (Å²) in [6.45, 7) is 0.803. The lowest BCUT2D eigenvalue weighted by molar-refractivity contribution is -0.157. The molecule has 2 aromatic rings. The van der Waals surface area contributed by atoms with Gasteiger partial charge in [-0.05, 0) is 54.7 Å². The highest BCUT2D eigenvalue weighted by molar-refractivity contribution is 7.88. The summed E-state index contributed by atoms with van der Waals surface area (Å²) in [7, 11) is -3.63. The molecule has 3 atom stereocenters. The Morgan fingerprint density at radius 2 is 1.91 bits per heavy atom. The van der Waals surface area contributed by atoms with Gasteiger partial charge in [0.05, 0.1) is 18.9 Å². The Morgan fingerprint density at radius 3 is 2.50 bits per heavy atom. The van der Waals surface area contributed by atoms with E-state index >= 15 is 4.39 Å². The van der Waals surface area contributed by atoms with Gasteiger partial charge in [0.2, 0.25) is 10.0 Å². The molecule has 0 aromatic heterocycles. The van der Waals surface area contributed by atoms with Crippen molar-refractivity contribution >= 4 is 15.9 Å². The molecule has 1 spiro atoms. The zero-order valence-corrected chi connectivity index (χ0v) is 19.4. The molecular formula is C24H25F3N2O4S. The van der Waals surface area contributed by atoms with E-state index in [9.17, 15) is 22.0 Å². The molecule has 6 nitrogen and oxygen atoms in total. The maximum absolute atomic E-state index is 15.6. The van der Waals surface area contributed by atoms with Crippen LogP contribution < -0.4 is 4.72 Å². The lowest BCUT2D eigenvalue weighted by atomic mass is 9.91. The predicted molar refractivity (Wildman–Crippen MR) is 119 cm³/mol. The third kappa shape index (κ3) is 4.34. The Labute approximate surface area is 196 Å². The van der Waals surface area contributed by atoms with Gasteiger partial charge in [-0.15, -0.1) is 0 Å². The summed E-state index contributed by atoms with van der Waals surface area (Å²) >= 11 is 0. The molecule has 2 aliphatic heterocycles. The summed E-state index contributed by atoms with van der Waals surface area (Å²) in [4.78, 5) is 14.7. The number of hydrogen-bond acceptors (Lipinski definition) is 4. The minimum Gasteiger partial charge on any atom is -0.368 e. The molecule has 0 unspecified atom stereocenters. The van der Waals surface area contributed by atoms with Crippen LogP contribution in [0, 0.1) is 22.9 Å². The highest BCUT2D eigenvalue weighted by Crippen LogP contribution is 2.56. The largest absolute Gasteiger partial charge is 0.368 e. The second kappa shape index (κ2) is 8.35. The van der Waals surface area contributed by atoms with Crippen molar-refractivity contribution in [2.75, 3.05) is 19.4 Å². The van der Waals surface area contributed by atoms with Crippen molar-refractivity contribution in [2.45, 2.75) is 43.9 Å². The van der Waals surface area contributed by atoms with Crippen LogP contribution in [0.15, 0.2) is 36.4 Å². The normalized spacial score (nSPS) is 25.4. The number of benzene rings is 2. The number of ether oxygens (including phenoxy) is 1. The fourth-order valence-corrected chi connectivity index (χ4v) is 6.05. The van der Waals surface area contributed by atoms with Gasteiger partial charge < -0.3 is 9.64 Å². The van der Waals surface area contributed by atoms with Gasteiger partial charge >= 0.3 is 0 Å². The fourth-order valence-electron chi connectivity index (χ4n) is 5.18.